The maximum atomic E-state index is 12.6. The van der Waals surface area contributed by atoms with E-state index in [2.05, 4.69) is 25.8 Å². The van der Waals surface area contributed by atoms with Crippen LogP contribution >= 0.6 is 0 Å². The smallest absolute Gasteiger partial charge is 0.254 e. The number of piperazine rings is 1. The molecule has 0 amide bonds. The van der Waals surface area contributed by atoms with E-state index < -0.39 is 10.0 Å². The number of aromatic nitrogens is 2. The van der Waals surface area contributed by atoms with Gasteiger partial charge in [-0.25, -0.2) is 18.4 Å². The van der Waals surface area contributed by atoms with Gasteiger partial charge in [-0.3, -0.25) is 9.80 Å². The lowest BCUT2D eigenvalue weighted by molar-refractivity contribution is -0.368. The second-order valence-electron chi connectivity index (χ2n) is 6.74. The molecule has 8 heteroatoms. The lowest BCUT2D eigenvalue weighted by atomic mass is 10.3. The van der Waals surface area contributed by atoms with Crippen molar-refractivity contribution in [3.8, 4) is 0 Å². The molecule has 4 rings (SSSR count). The minimum Gasteiger partial charge on any atom is -0.254 e. The molecular weight excluding hydrogens is 350 g/mol. The molecule has 138 valence electrons. The number of anilines is 2. The van der Waals surface area contributed by atoms with Crippen molar-refractivity contribution in [2.24, 2.45) is 0 Å². The summed E-state index contributed by atoms with van der Waals surface area (Å²) in [5.74, 6) is 2.09. The van der Waals surface area contributed by atoms with Gasteiger partial charge in [0.15, 0.2) is 0 Å². The number of hydrogen-bond donors (Lipinski definition) is 0. The maximum absolute atomic E-state index is 12.6. The van der Waals surface area contributed by atoms with Crippen LogP contribution in [0, 0.1) is 0 Å². The van der Waals surface area contributed by atoms with E-state index in [1.807, 2.05) is 24.4 Å². The van der Waals surface area contributed by atoms with Gasteiger partial charge in [-0.1, -0.05) is 6.07 Å². The average molecular weight is 375 g/mol. The number of nitrogens with one attached hydrogen (secondary N) is 2. The first-order valence-electron chi connectivity index (χ1n) is 9.13. The Morgan fingerprint density at radius 2 is 1.42 bits per heavy atom. The lowest BCUT2D eigenvalue weighted by Gasteiger charge is -2.26. The van der Waals surface area contributed by atoms with Gasteiger partial charge in [0.1, 0.15) is 37.3 Å². The molecule has 0 atom stereocenters. The molecule has 2 aromatic rings. The summed E-state index contributed by atoms with van der Waals surface area (Å²) in [4.78, 5) is 11.4. The SMILES string of the molecule is O=S(=O)(c1ccc(N2CCN(c3cccc[nH+]3)CC2)[nH+]c1)N1CCCC1. The highest BCUT2D eigenvalue weighted by molar-refractivity contribution is 7.89. The van der Waals surface area contributed by atoms with Crippen LogP contribution in [0.1, 0.15) is 12.8 Å². The fraction of sp³-hybridized carbons (Fsp3) is 0.444. The highest BCUT2D eigenvalue weighted by atomic mass is 32.2. The number of H-pyrrole nitrogens is 2. The van der Waals surface area contributed by atoms with Gasteiger partial charge in [0.25, 0.3) is 11.6 Å². The zero-order valence-corrected chi connectivity index (χ0v) is 15.6. The first-order valence-corrected chi connectivity index (χ1v) is 10.6. The van der Waals surface area contributed by atoms with Crippen LogP contribution in [0.5, 0.6) is 0 Å². The Morgan fingerprint density at radius 3 is 1.96 bits per heavy atom. The maximum Gasteiger partial charge on any atom is 0.274 e. The van der Waals surface area contributed by atoms with Crippen molar-refractivity contribution < 1.29 is 18.4 Å². The van der Waals surface area contributed by atoms with Crippen LogP contribution in [-0.4, -0.2) is 52.0 Å². The number of nitrogens with zero attached hydrogens (tertiary/aromatic N) is 3. The molecule has 2 fully saturated rings. The summed E-state index contributed by atoms with van der Waals surface area (Å²) in [5.41, 5.74) is 0. The van der Waals surface area contributed by atoms with E-state index >= 15 is 0 Å². The van der Waals surface area contributed by atoms with E-state index in [4.69, 9.17) is 0 Å². The summed E-state index contributed by atoms with van der Waals surface area (Å²) in [5, 5.41) is 0. The zero-order chi connectivity index (χ0) is 18.0. The van der Waals surface area contributed by atoms with Crippen molar-refractivity contribution in [1.82, 2.24) is 4.31 Å². The summed E-state index contributed by atoms with van der Waals surface area (Å²) in [6.45, 7) is 4.87. The molecule has 7 nitrogen and oxygen atoms in total. The fourth-order valence-corrected chi connectivity index (χ4v) is 5.09. The predicted molar refractivity (Wildman–Crippen MR) is 98.4 cm³/mol. The van der Waals surface area contributed by atoms with Gasteiger partial charge in [0, 0.05) is 25.2 Å². The first kappa shape index (κ1) is 17.2. The summed E-state index contributed by atoms with van der Waals surface area (Å²) in [7, 11) is -3.36. The molecule has 0 unspecified atom stereocenters. The Morgan fingerprint density at radius 1 is 0.769 bits per heavy atom. The van der Waals surface area contributed by atoms with Gasteiger partial charge in [-0.2, -0.15) is 4.31 Å². The van der Waals surface area contributed by atoms with Gasteiger partial charge >= 0.3 is 0 Å². The highest BCUT2D eigenvalue weighted by Gasteiger charge is 2.30. The summed E-state index contributed by atoms with van der Waals surface area (Å²) < 4.78 is 26.8. The molecule has 0 spiro atoms. The fourth-order valence-electron chi connectivity index (χ4n) is 3.61. The van der Waals surface area contributed by atoms with Crippen molar-refractivity contribution in [3.05, 3.63) is 42.7 Å². The van der Waals surface area contributed by atoms with Crippen molar-refractivity contribution in [3.63, 3.8) is 0 Å². The van der Waals surface area contributed by atoms with Crippen molar-refractivity contribution in [2.45, 2.75) is 17.7 Å². The second kappa shape index (κ2) is 7.20. The zero-order valence-electron chi connectivity index (χ0n) is 14.8. The van der Waals surface area contributed by atoms with Gasteiger partial charge in [0.05, 0.1) is 6.20 Å². The molecule has 0 aromatic carbocycles. The molecule has 0 radical (unpaired) electrons. The monoisotopic (exact) mass is 375 g/mol. The number of hydrogen-bond acceptors (Lipinski definition) is 4. The number of aromatic amines is 2. The molecule has 26 heavy (non-hydrogen) atoms. The van der Waals surface area contributed by atoms with Crippen molar-refractivity contribution in [1.29, 1.82) is 0 Å². The molecule has 2 aliphatic rings. The van der Waals surface area contributed by atoms with Crippen LogP contribution in [0.15, 0.2) is 47.6 Å². The van der Waals surface area contributed by atoms with Crippen LogP contribution < -0.4 is 19.8 Å². The van der Waals surface area contributed by atoms with Gasteiger partial charge in [-0.05, 0) is 25.0 Å². The molecular formula is C18H25N5O2S+2. The second-order valence-corrected chi connectivity index (χ2v) is 8.68. The van der Waals surface area contributed by atoms with E-state index in [-0.39, 0.29) is 0 Å². The molecule has 0 bridgehead atoms. The van der Waals surface area contributed by atoms with Crippen LogP contribution in [0.25, 0.3) is 0 Å². The normalized spacial score (nSPS) is 19.1. The lowest BCUT2D eigenvalue weighted by Crippen LogP contribution is -2.49. The first-order chi connectivity index (χ1) is 12.6. The molecule has 4 heterocycles. The largest absolute Gasteiger partial charge is 0.274 e. The molecule has 2 aliphatic heterocycles. The van der Waals surface area contributed by atoms with E-state index in [1.54, 1.807) is 16.6 Å². The van der Waals surface area contributed by atoms with Crippen molar-refractivity contribution in [2.75, 3.05) is 49.1 Å². The van der Waals surface area contributed by atoms with Crippen LogP contribution in [0.4, 0.5) is 11.6 Å². The summed E-state index contributed by atoms with van der Waals surface area (Å²) in [6, 6.07) is 9.70. The predicted octanol–water partition coefficient (Wildman–Crippen LogP) is 0.426. The Balaban J connectivity index is 1.42. The summed E-state index contributed by atoms with van der Waals surface area (Å²) >= 11 is 0. The van der Waals surface area contributed by atoms with Crippen LogP contribution in [0.3, 0.4) is 0 Å². The van der Waals surface area contributed by atoms with Gasteiger partial charge < -0.3 is 0 Å². The standard InChI is InChI=1S/C18H23N5O2S/c24-26(25,23-9-3-4-10-23)16-6-7-18(20-15-16)22-13-11-21(12-14-22)17-5-1-2-8-19-17/h1-2,5-8,15H,3-4,9-14H2/p+2. The topological polar surface area (TPSA) is 72.1 Å². The van der Waals surface area contributed by atoms with E-state index in [9.17, 15) is 8.42 Å². The molecule has 0 aliphatic carbocycles. The molecule has 2 N–H and O–H groups in total. The van der Waals surface area contributed by atoms with Crippen LogP contribution in [-0.2, 0) is 10.0 Å². The van der Waals surface area contributed by atoms with Crippen molar-refractivity contribution >= 4 is 21.7 Å². The molecule has 2 saturated heterocycles. The quantitative estimate of drug-likeness (QED) is 0.777. The Kier molecular flexibility index (Phi) is 4.78. The molecule has 0 saturated carbocycles. The third kappa shape index (κ3) is 3.39. The summed E-state index contributed by atoms with van der Waals surface area (Å²) in [6.07, 6.45) is 5.46. The van der Waals surface area contributed by atoms with E-state index in [1.165, 1.54) is 0 Å². The Labute approximate surface area is 154 Å². The average Bonchev–Trinajstić information content (AvgIpc) is 3.25. The van der Waals surface area contributed by atoms with Gasteiger partial charge in [0.2, 0.25) is 10.0 Å². The number of pyridine rings is 2. The Hall–Kier alpha value is -2.19. The highest BCUT2D eigenvalue weighted by Crippen LogP contribution is 2.21. The minimum atomic E-state index is -3.36. The van der Waals surface area contributed by atoms with Gasteiger partial charge in [-0.15, -0.1) is 0 Å². The van der Waals surface area contributed by atoms with E-state index in [0.29, 0.717) is 18.0 Å². The third-order valence-electron chi connectivity index (χ3n) is 5.12. The Bertz CT molecular complexity index is 828. The third-order valence-corrected chi connectivity index (χ3v) is 7.02. The van der Waals surface area contributed by atoms with Crippen LogP contribution in [0.2, 0.25) is 0 Å². The minimum absolute atomic E-state index is 0.348. The number of rotatable bonds is 4. The number of sulfonamides is 1. The van der Waals surface area contributed by atoms with E-state index in [0.717, 1.165) is 50.7 Å². The molecule has 2 aromatic heterocycles.